The minimum atomic E-state index is -0.182. The zero-order valence-corrected chi connectivity index (χ0v) is 12.3. The van der Waals surface area contributed by atoms with Gasteiger partial charge in [-0.25, -0.2) is 0 Å². The molecule has 0 aliphatic rings. The minimum absolute atomic E-state index is 0.182. The van der Waals surface area contributed by atoms with Crippen LogP contribution in [-0.2, 0) is 0 Å². The van der Waals surface area contributed by atoms with Crippen molar-refractivity contribution in [2.24, 2.45) is 0 Å². The van der Waals surface area contributed by atoms with Gasteiger partial charge in [0.1, 0.15) is 0 Å². The smallest absolute Gasteiger partial charge is 0.267 e. The highest BCUT2D eigenvalue weighted by molar-refractivity contribution is 7.80. The van der Waals surface area contributed by atoms with Gasteiger partial charge in [0, 0.05) is 5.69 Å². The van der Waals surface area contributed by atoms with Crippen molar-refractivity contribution in [3.8, 4) is 0 Å². The van der Waals surface area contributed by atoms with Gasteiger partial charge in [0.2, 0.25) is 0 Å². The average Bonchev–Trinajstić information content (AvgIpc) is 2.88. The van der Waals surface area contributed by atoms with Gasteiger partial charge in [-0.1, -0.05) is 24.3 Å². The zero-order chi connectivity index (χ0) is 13.8. The molecule has 0 atom stereocenters. The fourth-order valence-electron chi connectivity index (χ4n) is 1.73. The fourth-order valence-corrected chi connectivity index (χ4v) is 2.54. The summed E-state index contributed by atoms with van der Waals surface area (Å²) >= 11 is 6.55. The molecule has 2 aromatic rings. The van der Waals surface area contributed by atoms with E-state index in [9.17, 15) is 4.79 Å². The molecule has 19 heavy (non-hydrogen) atoms. The number of benzene rings is 1. The van der Waals surface area contributed by atoms with E-state index in [4.69, 9.17) is 12.2 Å². The normalized spacial score (nSPS) is 10.0. The van der Waals surface area contributed by atoms with Crippen LogP contribution in [0.4, 0.5) is 5.69 Å². The Morgan fingerprint density at radius 1 is 1.16 bits per heavy atom. The van der Waals surface area contributed by atoms with Crippen molar-refractivity contribution in [3.05, 3.63) is 51.7 Å². The predicted octanol–water partition coefficient (Wildman–Crippen LogP) is 3.49. The molecule has 1 aromatic carbocycles. The molecule has 1 aromatic heterocycles. The Morgan fingerprint density at radius 2 is 1.84 bits per heavy atom. The van der Waals surface area contributed by atoms with Crippen molar-refractivity contribution >= 4 is 40.3 Å². The summed E-state index contributed by atoms with van der Waals surface area (Å²) in [6.45, 7) is 4.00. The molecule has 0 aliphatic heterocycles. The number of aryl methyl sites for hydroxylation is 2. The van der Waals surface area contributed by atoms with Crippen molar-refractivity contribution < 1.29 is 4.79 Å². The van der Waals surface area contributed by atoms with Crippen LogP contribution in [0.15, 0.2) is 35.7 Å². The van der Waals surface area contributed by atoms with E-state index < -0.39 is 0 Å². The zero-order valence-electron chi connectivity index (χ0n) is 10.7. The lowest BCUT2D eigenvalue weighted by Crippen LogP contribution is -2.34. The molecule has 2 rings (SSSR count). The molecular weight excluding hydrogens is 276 g/mol. The van der Waals surface area contributed by atoms with Gasteiger partial charge in [0.25, 0.3) is 5.91 Å². The first-order valence-electron chi connectivity index (χ1n) is 5.80. The van der Waals surface area contributed by atoms with Gasteiger partial charge in [-0.3, -0.25) is 10.1 Å². The van der Waals surface area contributed by atoms with Gasteiger partial charge in [-0.05, 0) is 48.6 Å². The summed E-state index contributed by atoms with van der Waals surface area (Å²) in [6.07, 6.45) is 0. The van der Waals surface area contributed by atoms with E-state index in [1.165, 1.54) is 11.3 Å². The number of amides is 1. The summed E-state index contributed by atoms with van der Waals surface area (Å²) in [4.78, 5) is 12.5. The molecule has 0 saturated heterocycles. The molecule has 0 saturated carbocycles. The molecule has 0 aliphatic carbocycles. The van der Waals surface area contributed by atoms with Crippen LogP contribution >= 0.6 is 23.6 Å². The lowest BCUT2D eigenvalue weighted by molar-refractivity contribution is 0.0981. The number of rotatable bonds is 2. The Morgan fingerprint density at radius 3 is 2.42 bits per heavy atom. The van der Waals surface area contributed by atoms with E-state index in [2.05, 4.69) is 10.6 Å². The van der Waals surface area contributed by atoms with Gasteiger partial charge in [0.15, 0.2) is 5.11 Å². The molecule has 1 amide bonds. The minimum Gasteiger partial charge on any atom is -0.332 e. The lowest BCUT2D eigenvalue weighted by atomic mass is 10.1. The second-order valence-electron chi connectivity index (χ2n) is 4.15. The van der Waals surface area contributed by atoms with Crippen LogP contribution < -0.4 is 10.6 Å². The quantitative estimate of drug-likeness (QED) is 0.832. The summed E-state index contributed by atoms with van der Waals surface area (Å²) in [5.41, 5.74) is 3.12. The largest absolute Gasteiger partial charge is 0.332 e. The number of hydrogen-bond donors (Lipinski definition) is 2. The standard InChI is InChI=1S/C14H14N2OS2/c1-9-5-3-6-10(2)12(9)15-14(18)16-13(17)11-7-4-8-19-11/h3-8H,1-2H3,(H2,15,16,17,18). The average molecular weight is 290 g/mol. The molecule has 0 spiro atoms. The van der Waals surface area contributed by atoms with Crippen molar-refractivity contribution in [1.82, 2.24) is 5.32 Å². The number of carbonyl (C=O) groups excluding carboxylic acids is 1. The lowest BCUT2D eigenvalue weighted by Gasteiger charge is -2.13. The molecule has 0 fully saturated rings. The third-order valence-corrected chi connectivity index (χ3v) is 3.76. The molecule has 2 N–H and O–H groups in total. The molecule has 0 bridgehead atoms. The first-order chi connectivity index (χ1) is 9.08. The topological polar surface area (TPSA) is 41.1 Å². The van der Waals surface area contributed by atoms with Gasteiger partial charge in [-0.15, -0.1) is 11.3 Å². The van der Waals surface area contributed by atoms with Crippen LogP contribution in [0.1, 0.15) is 20.8 Å². The summed E-state index contributed by atoms with van der Waals surface area (Å²) in [5, 5.41) is 7.93. The van der Waals surface area contributed by atoms with E-state index in [0.29, 0.717) is 9.99 Å². The maximum atomic E-state index is 11.8. The number of nitrogens with one attached hydrogen (secondary N) is 2. The second-order valence-corrected chi connectivity index (χ2v) is 5.51. The van der Waals surface area contributed by atoms with Crippen molar-refractivity contribution in [2.75, 3.05) is 5.32 Å². The second kappa shape index (κ2) is 5.95. The van der Waals surface area contributed by atoms with Crippen molar-refractivity contribution in [1.29, 1.82) is 0 Å². The fraction of sp³-hybridized carbons (Fsp3) is 0.143. The molecule has 0 unspecified atom stereocenters. The number of thiocarbonyl (C=S) groups is 1. The number of hydrogen-bond acceptors (Lipinski definition) is 3. The Kier molecular flexibility index (Phi) is 4.29. The van der Waals surface area contributed by atoms with E-state index in [1.807, 2.05) is 43.5 Å². The summed E-state index contributed by atoms with van der Waals surface area (Å²) in [5.74, 6) is -0.182. The van der Waals surface area contributed by atoms with Crippen LogP contribution in [-0.4, -0.2) is 11.0 Å². The predicted molar refractivity (Wildman–Crippen MR) is 83.9 cm³/mol. The van der Waals surface area contributed by atoms with Crippen LogP contribution in [0.2, 0.25) is 0 Å². The van der Waals surface area contributed by atoms with Crippen LogP contribution in [0.3, 0.4) is 0 Å². The highest BCUT2D eigenvalue weighted by atomic mass is 32.1. The molecule has 0 radical (unpaired) electrons. The number of anilines is 1. The van der Waals surface area contributed by atoms with Crippen molar-refractivity contribution in [3.63, 3.8) is 0 Å². The van der Waals surface area contributed by atoms with Gasteiger partial charge >= 0.3 is 0 Å². The number of carbonyl (C=O) groups is 1. The summed E-state index contributed by atoms with van der Waals surface area (Å²) < 4.78 is 0. The first-order valence-corrected chi connectivity index (χ1v) is 7.09. The Hall–Kier alpha value is -1.72. The van der Waals surface area contributed by atoms with Crippen LogP contribution in [0.25, 0.3) is 0 Å². The first kappa shape index (κ1) is 13.7. The molecule has 1 heterocycles. The monoisotopic (exact) mass is 290 g/mol. The molecule has 3 nitrogen and oxygen atoms in total. The molecular formula is C14H14N2OS2. The van der Waals surface area contributed by atoms with E-state index in [-0.39, 0.29) is 5.91 Å². The summed E-state index contributed by atoms with van der Waals surface area (Å²) in [7, 11) is 0. The van der Waals surface area contributed by atoms with Gasteiger partial charge < -0.3 is 5.32 Å². The Labute approximate surface area is 121 Å². The molecule has 98 valence electrons. The third-order valence-electron chi connectivity index (χ3n) is 2.69. The van der Waals surface area contributed by atoms with E-state index >= 15 is 0 Å². The third kappa shape index (κ3) is 3.39. The summed E-state index contributed by atoms with van der Waals surface area (Å²) in [6, 6.07) is 9.59. The maximum absolute atomic E-state index is 11.8. The molecule has 5 heteroatoms. The maximum Gasteiger partial charge on any atom is 0.267 e. The van der Waals surface area contributed by atoms with Crippen LogP contribution in [0, 0.1) is 13.8 Å². The highest BCUT2D eigenvalue weighted by Gasteiger charge is 2.10. The number of thiophene rings is 1. The SMILES string of the molecule is Cc1cccc(C)c1NC(=S)NC(=O)c1cccs1. The Bertz CT molecular complexity index is 586. The van der Waals surface area contributed by atoms with Crippen LogP contribution in [0.5, 0.6) is 0 Å². The Balaban J connectivity index is 2.04. The van der Waals surface area contributed by atoms with E-state index in [1.54, 1.807) is 6.07 Å². The van der Waals surface area contributed by atoms with Gasteiger partial charge in [0.05, 0.1) is 4.88 Å². The number of para-hydroxylation sites is 1. The van der Waals surface area contributed by atoms with Gasteiger partial charge in [-0.2, -0.15) is 0 Å². The van der Waals surface area contributed by atoms with Crippen molar-refractivity contribution in [2.45, 2.75) is 13.8 Å². The van der Waals surface area contributed by atoms with E-state index in [0.717, 1.165) is 16.8 Å². The highest BCUT2D eigenvalue weighted by Crippen LogP contribution is 2.19.